The Labute approximate surface area is 143 Å². The molecule has 4 nitrogen and oxygen atoms in total. The molecule has 1 aliphatic carbocycles. The second-order valence-corrected chi connectivity index (χ2v) is 7.85. The van der Waals surface area contributed by atoms with Crippen molar-refractivity contribution in [3.63, 3.8) is 0 Å². The van der Waals surface area contributed by atoms with Gasteiger partial charge in [0.1, 0.15) is 0 Å². The molecule has 1 N–H and O–H groups in total. The zero-order chi connectivity index (χ0) is 16.1. The molecule has 1 saturated carbocycles. The molecule has 1 heterocycles. The molecule has 0 radical (unpaired) electrons. The van der Waals surface area contributed by atoms with E-state index in [0.717, 1.165) is 31.8 Å². The van der Waals surface area contributed by atoms with E-state index in [1.54, 1.807) is 7.11 Å². The summed E-state index contributed by atoms with van der Waals surface area (Å²) in [5.41, 5.74) is 0.949. The molecule has 0 unspecified atom stereocenters. The van der Waals surface area contributed by atoms with Crippen LogP contribution >= 0.6 is 11.8 Å². The van der Waals surface area contributed by atoms with E-state index in [-0.39, 0.29) is 6.03 Å². The first kappa shape index (κ1) is 16.7. The summed E-state index contributed by atoms with van der Waals surface area (Å²) >= 11 is 1.92. The first-order valence-corrected chi connectivity index (χ1v) is 9.45. The molecule has 2 aliphatic rings. The van der Waals surface area contributed by atoms with Crippen LogP contribution in [0.3, 0.4) is 0 Å². The van der Waals surface area contributed by atoms with Crippen LogP contribution in [0.2, 0.25) is 0 Å². The first-order valence-electron chi connectivity index (χ1n) is 8.57. The Morgan fingerprint density at radius 2 is 2.09 bits per heavy atom. The second kappa shape index (κ2) is 8.06. The SMILES string of the molecule is COC[C@@H]1CCN(C(=O)Nc2ccccc2SC2CCCC2)C1. The Balaban J connectivity index is 1.60. The maximum Gasteiger partial charge on any atom is 0.321 e. The third-order valence-electron chi connectivity index (χ3n) is 4.70. The predicted octanol–water partition coefficient (Wildman–Crippen LogP) is 4.22. The van der Waals surface area contributed by atoms with Crippen molar-refractivity contribution < 1.29 is 9.53 Å². The normalized spacial score (nSPS) is 21.8. The molecule has 0 spiro atoms. The largest absolute Gasteiger partial charge is 0.384 e. The molecule has 0 bridgehead atoms. The summed E-state index contributed by atoms with van der Waals surface area (Å²) in [5, 5.41) is 3.81. The van der Waals surface area contributed by atoms with Gasteiger partial charge in [0, 0.05) is 36.3 Å². The van der Waals surface area contributed by atoms with Gasteiger partial charge in [0.15, 0.2) is 0 Å². The number of nitrogens with zero attached hydrogens (tertiary/aromatic N) is 1. The number of carbonyl (C=O) groups excluding carboxylic acids is 1. The lowest BCUT2D eigenvalue weighted by atomic mass is 10.1. The van der Waals surface area contributed by atoms with Gasteiger partial charge in [-0.1, -0.05) is 25.0 Å². The van der Waals surface area contributed by atoms with Gasteiger partial charge in [-0.25, -0.2) is 4.79 Å². The highest BCUT2D eigenvalue weighted by Crippen LogP contribution is 2.38. The summed E-state index contributed by atoms with van der Waals surface area (Å²) in [5.74, 6) is 0.467. The number of benzene rings is 1. The smallest absolute Gasteiger partial charge is 0.321 e. The zero-order valence-electron chi connectivity index (χ0n) is 13.8. The molecular formula is C18H26N2O2S. The summed E-state index contributed by atoms with van der Waals surface area (Å²) in [4.78, 5) is 15.6. The molecule has 1 atom stereocenters. The number of hydrogen-bond donors (Lipinski definition) is 1. The number of amides is 2. The van der Waals surface area contributed by atoms with Gasteiger partial charge >= 0.3 is 6.03 Å². The van der Waals surface area contributed by atoms with Crippen molar-refractivity contribution in [2.45, 2.75) is 42.2 Å². The minimum absolute atomic E-state index is 0.0167. The Hall–Kier alpha value is -1.20. The molecule has 1 aromatic carbocycles. The Morgan fingerprint density at radius 1 is 1.30 bits per heavy atom. The van der Waals surface area contributed by atoms with Gasteiger partial charge < -0.3 is 15.0 Å². The molecule has 126 valence electrons. The quantitative estimate of drug-likeness (QED) is 0.876. The van der Waals surface area contributed by atoms with Crippen LogP contribution in [0.1, 0.15) is 32.1 Å². The van der Waals surface area contributed by atoms with E-state index in [2.05, 4.69) is 17.4 Å². The van der Waals surface area contributed by atoms with Crippen molar-refractivity contribution in [3.05, 3.63) is 24.3 Å². The highest BCUT2D eigenvalue weighted by Gasteiger charge is 2.26. The minimum Gasteiger partial charge on any atom is -0.384 e. The molecule has 1 aliphatic heterocycles. The number of likely N-dealkylation sites (tertiary alicyclic amines) is 1. The Bertz CT molecular complexity index is 532. The van der Waals surface area contributed by atoms with Gasteiger partial charge in [0.25, 0.3) is 0 Å². The van der Waals surface area contributed by atoms with Crippen LogP contribution in [0.5, 0.6) is 0 Å². The molecule has 23 heavy (non-hydrogen) atoms. The molecule has 3 rings (SSSR count). The fraction of sp³-hybridized carbons (Fsp3) is 0.611. The summed E-state index contributed by atoms with van der Waals surface area (Å²) in [6.07, 6.45) is 6.27. The van der Waals surface area contributed by atoms with E-state index >= 15 is 0 Å². The number of ether oxygens (including phenoxy) is 1. The monoisotopic (exact) mass is 334 g/mol. The molecule has 2 amide bonds. The number of urea groups is 1. The lowest BCUT2D eigenvalue weighted by Gasteiger charge is -2.19. The molecule has 0 aromatic heterocycles. The number of thioether (sulfide) groups is 1. The number of rotatable bonds is 5. The van der Waals surface area contributed by atoms with Crippen LogP contribution in [0, 0.1) is 5.92 Å². The zero-order valence-corrected chi connectivity index (χ0v) is 14.6. The summed E-state index contributed by atoms with van der Waals surface area (Å²) in [6, 6.07) is 8.19. The van der Waals surface area contributed by atoms with Crippen molar-refractivity contribution >= 4 is 23.5 Å². The maximum absolute atomic E-state index is 12.5. The number of carbonyl (C=O) groups is 1. The van der Waals surface area contributed by atoms with E-state index < -0.39 is 0 Å². The molecule has 2 fully saturated rings. The topological polar surface area (TPSA) is 41.6 Å². The van der Waals surface area contributed by atoms with E-state index in [1.165, 1.54) is 30.6 Å². The number of para-hydroxylation sites is 1. The Kier molecular flexibility index (Phi) is 5.84. The van der Waals surface area contributed by atoms with Crippen molar-refractivity contribution in [2.24, 2.45) is 5.92 Å². The average Bonchev–Trinajstić information content (AvgIpc) is 3.21. The van der Waals surface area contributed by atoms with Crippen molar-refractivity contribution in [2.75, 3.05) is 32.1 Å². The van der Waals surface area contributed by atoms with Gasteiger partial charge in [0.2, 0.25) is 0 Å². The third kappa shape index (κ3) is 4.42. The van der Waals surface area contributed by atoms with Gasteiger partial charge in [-0.2, -0.15) is 0 Å². The highest BCUT2D eigenvalue weighted by atomic mass is 32.2. The van der Waals surface area contributed by atoms with Crippen LogP contribution < -0.4 is 5.32 Å². The maximum atomic E-state index is 12.5. The lowest BCUT2D eigenvalue weighted by molar-refractivity contribution is 0.154. The number of hydrogen-bond acceptors (Lipinski definition) is 3. The molecule has 1 saturated heterocycles. The lowest BCUT2D eigenvalue weighted by Crippen LogP contribution is -2.33. The van der Waals surface area contributed by atoms with Gasteiger partial charge in [-0.15, -0.1) is 11.8 Å². The first-order chi connectivity index (χ1) is 11.3. The minimum atomic E-state index is 0.0167. The van der Waals surface area contributed by atoms with Crippen molar-refractivity contribution in [1.29, 1.82) is 0 Å². The second-order valence-electron chi connectivity index (χ2n) is 6.51. The van der Waals surface area contributed by atoms with Gasteiger partial charge in [-0.3, -0.25) is 0 Å². The van der Waals surface area contributed by atoms with Crippen LogP contribution in [0.25, 0.3) is 0 Å². The van der Waals surface area contributed by atoms with E-state index in [0.29, 0.717) is 11.2 Å². The van der Waals surface area contributed by atoms with Gasteiger partial charge in [0.05, 0.1) is 12.3 Å². The standard InChI is InChI=1S/C18H26N2O2S/c1-22-13-14-10-11-20(12-14)18(21)19-16-8-4-5-9-17(16)23-15-6-2-3-7-15/h4-5,8-9,14-15H,2-3,6-7,10-13H2,1H3,(H,19,21)/t14-/m1/s1. The van der Waals surface area contributed by atoms with Crippen LogP contribution in [-0.4, -0.2) is 43.0 Å². The third-order valence-corrected chi connectivity index (χ3v) is 6.11. The fourth-order valence-electron chi connectivity index (χ4n) is 3.44. The van der Waals surface area contributed by atoms with E-state index in [9.17, 15) is 4.79 Å². The average molecular weight is 334 g/mol. The number of nitrogens with one attached hydrogen (secondary N) is 1. The summed E-state index contributed by atoms with van der Waals surface area (Å²) in [7, 11) is 1.72. The number of methoxy groups -OCH3 is 1. The van der Waals surface area contributed by atoms with Crippen LogP contribution in [0.15, 0.2) is 29.2 Å². The number of anilines is 1. The fourth-order valence-corrected chi connectivity index (χ4v) is 4.77. The Morgan fingerprint density at radius 3 is 2.87 bits per heavy atom. The van der Waals surface area contributed by atoms with Gasteiger partial charge in [-0.05, 0) is 31.4 Å². The summed E-state index contributed by atoms with van der Waals surface area (Å²) < 4.78 is 5.20. The van der Waals surface area contributed by atoms with Crippen LogP contribution in [0.4, 0.5) is 10.5 Å². The van der Waals surface area contributed by atoms with E-state index in [1.807, 2.05) is 28.8 Å². The molecule has 5 heteroatoms. The molecule has 1 aromatic rings. The van der Waals surface area contributed by atoms with Crippen LogP contribution in [-0.2, 0) is 4.74 Å². The predicted molar refractivity (Wildman–Crippen MR) is 95.1 cm³/mol. The summed E-state index contributed by atoms with van der Waals surface area (Å²) in [6.45, 7) is 2.34. The van der Waals surface area contributed by atoms with Crippen molar-refractivity contribution in [3.8, 4) is 0 Å². The van der Waals surface area contributed by atoms with E-state index in [4.69, 9.17) is 4.74 Å². The van der Waals surface area contributed by atoms with Crippen molar-refractivity contribution in [1.82, 2.24) is 4.90 Å². The molecular weight excluding hydrogens is 308 g/mol. The highest BCUT2D eigenvalue weighted by molar-refractivity contribution is 8.00.